The minimum atomic E-state index is 0.0227. The first kappa shape index (κ1) is 19.2. The van der Waals surface area contributed by atoms with Gasteiger partial charge < -0.3 is 4.74 Å². The van der Waals surface area contributed by atoms with Crippen molar-refractivity contribution in [2.45, 2.75) is 27.4 Å². The van der Waals surface area contributed by atoms with Gasteiger partial charge in [0.1, 0.15) is 12.4 Å². The molecule has 0 bridgehead atoms. The number of hydrogen-bond acceptors (Lipinski definition) is 4. The number of carbonyl (C=O) groups is 1. The molecule has 1 saturated heterocycles. The maximum atomic E-state index is 12.5. The Morgan fingerprint density at radius 3 is 2.59 bits per heavy atom. The Labute approximate surface area is 164 Å². The Balaban J connectivity index is 1.67. The van der Waals surface area contributed by atoms with Crippen molar-refractivity contribution >= 4 is 28.9 Å². The molecule has 1 aliphatic rings. The molecule has 0 aromatic heterocycles. The van der Waals surface area contributed by atoms with Gasteiger partial charge in [-0.1, -0.05) is 42.0 Å². The van der Waals surface area contributed by atoms with E-state index in [9.17, 15) is 4.79 Å². The monoisotopic (exact) mass is 380 g/mol. The minimum Gasteiger partial charge on any atom is -0.489 e. The average Bonchev–Trinajstić information content (AvgIpc) is 2.96. The zero-order valence-corrected chi connectivity index (χ0v) is 16.8. The molecule has 1 aliphatic heterocycles. The van der Waals surface area contributed by atoms with Crippen LogP contribution < -0.4 is 4.74 Å². The zero-order valence-electron chi connectivity index (χ0n) is 15.9. The van der Waals surface area contributed by atoms with E-state index < -0.39 is 0 Å². The van der Waals surface area contributed by atoms with E-state index in [2.05, 4.69) is 30.1 Å². The molecule has 1 heterocycles. The largest absolute Gasteiger partial charge is 0.489 e. The number of thioether (sulfide) groups is 1. The van der Waals surface area contributed by atoms with Gasteiger partial charge in [0, 0.05) is 13.1 Å². The lowest BCUT2D eigenvalue weighted by Crippen LogP contribution is -2.28. The minimum absolute atomic E-state index is 0.0227. The van der Waals surface area contributed by atoms with Gasteiger partial charge in [-0.25, -0.2) is 0 Å². The highest BCUT2D eigenvalue weighted by Crippen LogP contribution is 2.32. The summed E-state index contributed by atoms with van der Waals surface area (Å²) in [5.74, 6) is 0.835. The van der Waals surface area contributed by atoms with Gasteiger partial charge in [-0.2, -0.15) is 0 Å². The fourth-order valence-electron chi connectivity index (χ4n) is 2.82. The highest BCUT2D eigenvalue weighted by molar-refractivity contribution is 8.18. The van der Waals surface area contributed by atoms with Crippen LogP contribution in [0.25, 0.3) is 6.08 Å². The third kappa shape index (κ3) is 4.80. The Bertz CT molecular complexity index is 872. The quantitative estimate of drug-likeness (QED) is 0.670. The molecule has 3 rings (SSSR count). The second-order valence-corrected chi connectivity index (χ2v) is 7.27. The van der Waals surface area contributed by atoms with Crippen molar-refractivity contribution in [3.63, 3.8) is 0 Å². The van der Waals surface area contributed by atoms with Crippen LogP contribution in [0.2, 0.25) is 0 Å². The molecule has 1 fully saturated rings. The second kappa shape index (κ2) is 8.91. The van der Waals surface area contributed by atoms with Crippen molar-refractivity contribution in [3.8, 4) is 5.75 Å². The molecule has 0 aliphatic carbocycles. The molecule has 0 atom stereocenters. The van der Waals surface area contributed by atoms with E-state index in [1.807, 2.05) is 50.3 Å². The third-order valence-electron chi connectivity index (χ3n) is 4.16. The van der Waals surface area contributed by atoms with Crippen molar-refractivity contribution in [2.24, 2.45) is 4.99 Å². The maximum absolute atomic E-state index is 12.5. The molecule has 0 spiro atoms. The van der Waals surface area contributed by atoms with Crippen LogP contribution in [0.5, 0.6) is 5.75 Å². The van der Waals surface area contributed by atoms with Gasteiger partial charge in [0.25, 0.3) is 5.91 Å². The predicted molar refractivity (Wildman–Crippen MR) is 113 cm³/mol. The first-order valence-electron chi connectivity index (χ1n) is 9.15. The van der Waals surface area contributed by atoms with Gasteiger partial charge >= 0.3 is 0 Å². The normalized spacial score (nSPS) is 17.1. The van der Waals surface area contributed by atoms with Crippen LogP contribution in [0.15, 0.2) is 58.4 Å². The highest BCUT2D eigenvalue weighted by atomic mass is 32.2. The second-order valence-electron chi connectivity index (χ2n) is 6.26. The molecule has 5 heteroatoms. The number of aryl methyl sites for hydroxylation is 1. The molecular weight excluding hydrogens is 356 g/mol. The number of amides is 1. The fraction of sp³-hybridized carbons (Fsp3) is 0.273. The number of ether oxygens (including phenoxy) is 1. The van der Waals surface area contributed by atoms with E-state index in [1.165, 1.54) is 17.3 Å². The van der Waals surface area contributed by atoms with Gasteiger partial charge in [0.2, 0.25) is 0 Å². The van der Waals surface area contributed by atoms with Gasteiger partial charge in [0.05, 0.1) is 4.91 Å². The van der Waals surface area contributed by atoms with E-state index in [0.29, 0.717) is 24.6 Å². The molecule has 0 unspecified atom stereocenters. The molecular formula is C22H24N2O2S. The molecule has 140 valence electrons. The topological polar surface area (TPSA) is 41.9 Å². The lowest BCUT2D eigenvalue weighted by Gasteiger charge is -2.11. The summed E-state index contributed by atoms with van der Waals surface area (Å²) in [6, 6.07) is 16.1. The fourth-order valence-corrected chi connectivity index (χ4v) is 3.93. The van der Waals surface area contributed by atoms with Crippen molar-refractivity contribution in [3.05, 3.63) is 70.1 Å². The summed E-state index contributed by atoms with van der Waals surface area (Å²) in [6.45, 7) is 7.86. The number of carbonyl (C=O) groups excluding carboxylic acids is 1. The Morgan fingerprint density at radius 2 is 1.93 bits per heavy atom. The Kier molecular flexibility index (Phi) is 6.35. The average molecular weight is 381 g/mol. The van der Waals surface area contributed by atoms with Crippen LogP contribution in [0.3, 0.4) is 0 Å². The smallest absolute Gasteiger partial charge is 0.266 e. The number of amidine groups is 1. The summed E-state index contributed by atoms with van der Waals surface area (Å²) in [5.41, 5.74) is 3.35. The molecule has 1 amide bonds. The van der Waals surface area contributed by atoms with Crippen LogP contribution in [0.4, 0.5) is 0 Å². The van der Waals surface area contributed by atoms with Crippen molar-refractivity contribution in [1.29, 1.82) is 0 Å². The van der Waals surface area contributed by atoms with Crippen LogP contribution >= 0.6 is 11.8 Å². The van der Waals surface area contributed by atoms with E-state index in [1.54, 1.807) is 4.90 Å². The molecule has 0 N–H and O–H groups in total. The van der Waals surface area contributed by atoms with Crippen molar-refractivity contribution < 1.29 is 9.53 Å². The van der Waals surface area contributed by atoms with E-state index in [4.69, 9.17) is 4.74 Å². The summed E-state index contributed by atoms with van der Waals surface area (Å²) < 4.78 is 5.86. The summed E-state index contributed by atoms with van der Waals surface area (Å²) in [6.07, 6.45) is 1.91. The van der Waals surface area contributed by atoms with Gasteiger partial charge in [-0.3, -0.25) is 14.7 Å². The number of benzene rings is 2. The van der Waals surface area contributed by atoms with Gasteiger partial charge in [-0.05, 0) is 61.9 Å². The lowest BCUT2D eigenvalue weighted by molar-refractivity contribution is -0.122. The SMILES string of the molecule is CCN=C1S/C(=C\c2ccc(OCc3cccc(C)c3)cc2)C(=O)N1CC. The lowest BCUT2D eigenvalue weighted by atomic mass is 10.1. The first-order valence-corrected chi connectivity index (χ1v) is 9.96. The van der Waals surface area contributed by atoms with Gasteiger partial charge in [0.15, 0.2) is 5.17 Å². The molecule has 2 aromatic rings. The maximum Gasteiger partial charge on any atom is 0.266 e. The van der Waals surface area contributed by atoms with Crippen molar-refractivity contribution in [1.82, 2.24) is 4.90 Å². The van der Waals surface area contributed by atoms with Gasteiger partial charge in [-0.15, -0.1) is 0 Å². The molecule has 0 radical (unpaired) electrons. The van der Waals surface area contributed by atoms with E-state index in [-0.39, 0.29) is 5.91 Å². The van der Waals surface area contributed by atoms with Crippen LogP contribution in [0, 0.1) is 6.92 Å². The Morgan fingerprint density at radius 1 is 1.15 bits per heavy atom. The van der Waals surface area contributed by atoms with E-state index >= 15 is 0 Å². The first-order chi connectivity index (χ1) is 13.1. The Hall–Kier alpha value is -2.53. The summed E-state index contributed by atoms with van der Waals surface area (Å²) in [7, 11) is 0. The molecule has 4 nitrogen and oxygen atoms in total. The zero-order chi connectivity index (χ0) is 19.2. The number of aliphatic imine (C=N–C) groups is 1. The van der Waals surface area contributed by atoms with E-state index in [0.717, 1.165) is 22.0 Å². The van der Waals surface area contributed by atoms with Crippen LogP contribution in [-0.4, -0.2) is 29.1 Å². The number of rotatable bonds is 6. The summed E-state index contributed by atoms with van der Waals surface area (Å²) in [4.78, 5) is 19.4. The highest BCUT2D eigenvalue weighted by Gasteiger charge is 2.31. The van der Waals surface area contributed by atoms with Crippen LogP contribution in [0.1, 0.15) is 30.5 Å². The standard InChI is InChI=1S/C22H24N2O2S/c1-4-23-22-24(5-2)21(25)20(27-22)14-17-9-11-19(12-10-17)26-15-18-8-6-7-16(3)13-18/h6-14H,4-5,15H2,1-3H3/b20-14-,23-22?. The van der Waals surface area contributed by atoms with Crippen LogP contribution in [-0.2, 0) is 11.4 Å². The number of hydrogen-bond donors (Lipinski definition) is 0. The molecule has 27 heavy (non-hydrogen) atoms. The molecule has 2 aromatic carbocycles. The summed E-state index contributed by atoms with van der Waals surface area (Å²) in [5, 5.41) is 0.786. The molecule has 0 saturated carbocycles. The van der Waals surface area contributed by atoms with Crippen molar-refractivity contribution in [2.75, 3.05) is 13.1 Å². The number of nitrogens with zero attached hydrogens (tertiary/aromatic N) is 2. The summed E-state index contributed by atoms with van der Waals surface area (Å²) >= 11 is 1.44. The number of likely N-dealkylation sites (N-methyl/N-ethyl adjacent to an activating group) is 1. The third-order valence-corrected chi connectivity index (χ3v) is 5.21. The predicted octanol–water partition coefficient (Wildman–Crippen LogP) is 4.89.